The van der Waals surface area contributed by atoms with Crippen LogP contribution in [0.3, 0.4) is 0 Å². The first kappa shape index (κ1) is 22.2. The molecule has 2 heterocycles. The van der Waals surface area contributed by atoms with Crippen molar-refractivity contribution in [1.29, 1.82) is 0 Å². The van der Waals surface area contributed by atoms with E-state index in [2.05, 4.69) is 5.32 Å². The van der Waals surface area contributed by atoms with E-state index < -0.39 is 23.1 Å². The molecular formula is C28H22N2O5. The van der Waals surface area contributed by atoms with Crippen LogP contribution in [-0.4, -0.2) is 17.7 Å². The van der Waals surface area contributed by atoms with Gasteiger partial charge in [-0.15, -0.1) is 0 Å². The van der Waals surface area contributed by atoms with Crippen LogP contribution in [0.2, 0.25) is 0 Å². The molecule has 5 rings (SSSR count). The van der Waals surface area contributed by atoms with Gasteiger partial charge in [0.1, 0.15) is 23.4 Å². The Balaban J connectivity index is 1.68. The lowest BCUT2D eigenvalue weighted by atomic mass is 9.66. The van der Waals surface area contributed by atoms with Gasteiger partial charge in [-0.2, -0.15) is 0 Å². The Bertz CT molecular complexity index is 1410. The predicted octanol–water partition coefficient (Wildman–Crippen LogP) is 3.98. The van der Waals surface area contributed by atoms with Crippen molar-refractivity contribution in [3.8, 4) is 0 Å². The molecule has 1 amide bonds. The summed E-state index contributed by atoms with van der Waals surface area (Å²) >= 11 is 0. The Morgan fingerprint density at radius 2 is 1.54 bits per heavy atom. The first-order chi connectivity index (χ1) is 16.9. The van der Waals surface area contributed by atoms with Crippen molar-refractivity contribution in [3.05, 3.63) is 124 Å². The molecule has 1 atom stereocenters. The van der Waals surface area contributed by atoms with Gasteiger partial charge < -0.3 is 20.5 Å². The van der Waals surface area contributed by atoms with Crippen molar-refractivity contribution >= 4 is 23.3 Å². The topological polar surface area (TPSA) is 108 Å². The van der Waals surface area contributed by atoms with Gasteiger partial charge >= 0.3 is 5.97 Å². The number of benzene rings is 3. The average molecular weight is 466 g/mol. The van der Waals surface area contributed by atoms with Crippen LogP contribution in [0.4, 0.5) is 5.69 Å². The van der Waals surface area contributed by atoms with Crippen LogP contribution >= 0.6 is 0 Å². The number of nitrogens with one attached hydrogen (secondary N) is 1. The zero-order chi connectivity index (χ0) is 24.6. The second-order valence-electron chi connectivity index (χ2n) is 8.28. The SMILES string of the molecule is CC1=C(C(=O)c2ccccc2)C2(C(=O)Nc3ccccc32)C(C(=O)OCc2ccccc2)=C(N)O1. The molecule has 1 spiro atoms. The van der Waals surface area contributed by atoms with Crippen LogP contribution in [0.25, 0.3) is 0 Å². The van der Waals surface area contributed by atoms with Gasteiger partial charge in [-0.25, -0.2) is 4.79 Å². The van der Waals surface area contributed by atoms with Gasteiger partial charge in [-0.3, -0.25) is 9.59 Å². The van der Waals surface area contributed by atoms with Gasteiger partial charge in [0.25, 0.3) is 0 Å². The van der Waals surface area contributed by atoms with E-state index >= 15 is 0 Å². The second kappa shape index (κ2) is 8.61. The number of anilines is 1. The summed E-state index contributed by atoms with van der Waals surface area (Å²) in [5.74, 6) is -2.00. The molecule has 0 saturated heterocycles. The van der Waals surface area contributed by atoms with Crippen molar-refractivity contribution in [1.82, 2.24) is 0 Å². The van der Waals surface area contributed by atoms with Crippen molar-refractivity contribution < 1.29 is 23.9 Å². The van der Waals surface area contributed by atoms with Crippen LogP contribution in [-0.2, 0) is 31.1 Å². The number of nitrogens with two attached hydrogens (primary N) is 1. The summed E-state index contributed by atoms with van der Waals surface area (Å²) in [6.45, 7) is 1.52. The van der Waals surface area contributed by atoms with E-state index in [9.17, 15) is 14.4 Å². The number of hydrogen-bond acceptors (Lipinski definition) is 6. The van der Waals surface area contributed by atoms with E-state index in [0.717, 1.165) is 5.56 Å². The molecule has 0 radical (unpaired) electrons. The van der Waals surface area contributed by atoms with Gasteiger partial charge in [0.05, 0.1) is 5.57 Å². The van der Waals surface area contributed by atoms with Gasteiger partial charge in [-0.1, -0.05) is 78.9 Å². The highest BCUT2D eigenvalue weighted by molar-refractivity contribution is 6.25. The molecule has 7 nitrogen and oxygen atoms in total. The minimum Gasteiger partial charge on any atom is -0.457 e. The Morgan fingerprint density at radius 3 is 2.26 bits per heavy atom. The molecule has 174 valence electrons. The van der Waals surface area contributed by atoms with Crippen LogP contribution in [0.1, 0.15) is 28.4 Å². The number of esters is 1. The Morgan fingerprint density at radius 1 is 0.914 bits per heavy atom. The molecule has 35 heavy (non-hydrogen) atoms. The van der Waals surface area contributed by atoms with E-state index in [4.69, 9.17) is 15.2 Å². The summed E-state index contributed by atoms with van der Waals surface area (Å²) in [6, 6.07) is 24.5. The molecule has 0 fully saturated rings. The fourth-order valence-corrected chi connectivity index (χ4v) is 4.71. The molecule has 0 bridgehead atoms. The molecule has 0 aliphatic carbocycles. The lowest BCUT2D eigenvalue weighted by molar-refractivity contribution is -0.142. The van der Waals surface area contributed by atoms with Crippen LogP contribution < -0.4 is 11.1 Å². The number of carbonyl (C=O) groups is 3. The summed E-state index contributed by atoms with van der Waals surface area (Å²) in [5, 5.41) is 2.82. The summed E-state index contributed by atoms with van der Waals surface area (Å²) < 4.78 is 11.3. The van der Waals surface area contributed by atoms with Crippen LogP contribution in [0, 0.1) is 0 Å². The van der Waals surface area contributed by atoms with Gasteiger partial charge in [-0.05, 0) is 18.6 Å². The zero-order valence-electron chi connectivity index (χ0n) is 18.9. The Labute approximate surface area is 201 Å². The second-order valence-corrected chi connectivity index (χ2v) is 8.28. The van der Waals surface area contributed by atoms with Crippen LogP contribution in [0.5, 0.6) is 0 Å². The maximum Gasteiger partial charge on any atom is 0.341 e. The molecule has 3 aromatic carbocycles. The third kappa shape index (κ3) is 3.49. The molecular weight excluding hydrogens is 444 g/mol. The highest BCUT2D eigenvalue weighted by Crippen LogP contribution is 2.52. The van der Waals surface area contributed by atoms with Crippen molar-refractivity contribution in [3.63, 3.8) is 0 Å². The highest BCUT2D eigenvalue weighted by atomic mass is 16.5. The fourth-order valence-electron chi connectivity index (χ4n) is 4.71. The summed E-state index contributed by atoms with van der Waals surface area (Å²) in [5.41, 5.74) is 6.23. The minimum absolute atomic E-state index is 0.0204. The number of rotatable bonds is 5. The summed E-state index contributed by atoms with van der Waals surface area (Å²) in [4.78, 5) is 41.2. The number of Topliss-reactive ketones (excluding diaryl/α,β-unsaturated/α-hetero) is 1. The number of para-hydroxylation sites is 1. The monoisotopic (exact) mass is 466 g/mol. The molecule has 0 aromatic heterocycles. The lowest BCUT2D eigenvalue weighted by Gasteiger charge is -2.36. The predicted molar refractivity (Wildman–Crippen MR) is 129 cm³/mol. The highest BCUT2D eigenvalue weighted by Gasteiger charge is 2.61. The average Bonchev–Trinajstić information content (AvgIpc) is 3.15. The zero-order valence-corrected chi connectivity index (χ0v) is 18.9. The number of carbonyl (C=O) groups excluding carboxylic acids is 3. The smallest absolute Gasteiger partial charge is 0.341 e. The molecule has 1 unspecified atom stereocenters. The van der Waals surface area contributed by atoms with Gasteiger partial charge in [0.2, 0.25) is 11.8 Å². The maximum absolute atomic E-state index is 13.8. The minimum atomic E-state index is -1.83. The normalized spacial score (nSPS) is 18.7. The number of ketones is 1. The van der Waals surface area contributed by atoms with Gasteiger partial charge in [0, 0.05) is 16.8 Å². The maximum atomic E-state index is 13.8. The molecule has 3 aromatic rings. The first-order valence-electron chi connectivity index (χ1n) is 11.1. The first-order valence-corrected chi connectivity index (χ1v) is 11.1. The number of fused-ring (bicyclic) bond motifs is 2. The van der Waals surface area contributed by atoms with E-state index in [0.29, 0.717) is 16.8 Å². The molecule has 0 saturated carbocycles. The third-order valence-electron chi connectivity index (χ3n) is 6.21. The van der Waals surface area contributed by atoms with Crippen molar-refractivity contribution in [2.75, 3.05) is 5.32 Å². The summed E-state index contributed by atoms with van der Waals surface area (Å²) in [6.07, 6.45) is 0. The largest absolute Gasteiger partial charge is 0.457 e. The van der Waals surface area contributed by atoms with Gasteiger partial charge in [0.15, 0.2) is 5.78 Å². The van der Waals surface area contributed by atoms with E-state index in [1.54, 1.807) is 61.5 Å². The standard InChI is InChI=1S/C28H22N2O5/c1-17-22(24(31)19-12-6-3-7-13-19)28(20-14-8-9-15-21(20)30-27(28)33)23(25(29)35-17)26(32)34-16-18-10-4-2-5-11-18/h2-15H,16,29H2,1H3,(H,30,33). The molecule has 3 N–H and O–H groups in total. The third-order valence-corrected chi connectivity index (χ3v) is 6.21. The quantitative estimate of drug-likeness (QED) is 0.435. The molecule has 2 aliphatic rings. The fraction of sp³-hybridized carbons (Fsp3) is 0.107. The number of amides is 1. The number of ether oxygens (including phenoxy) is 2. The Kier molecular flexibility index (Phi) is 5.45. The molecule has 2 aliphatic heterocycles. The lowest BCUT2D eigenvalue weighted by Crippen LogP contribution is -2.48. The van der Waals surface area contributed by atoms with Crippen molar-refractivity contribution in [2.45, 2.75) is 18.9 Å². The summed E-state index contributed by atoms with van der Waals surface area (Å²) in [7, 11) is 0. The molecule has 7 heteroatoms. The van der Waals surface area contributed by atoms with E-state index in [1.807, 2.05) is 30.3 Å². The van der Waals surface area contributed by atoms with E-state index in [1.165, 1.54) is 0 Å². The number of allylic oxidation sites excluding steroid dienone is 1. The van der Waals surface area contributed by atoms with E-state index in [-0.39, 0.29) is 29.4 Å². The number of hydrogen-bond donors (Lipinski definition) is 2. The van der Waals surface area contributed by atoms with Crippen molar-refractivity contribution in [2.24, 2.45) is 5.73 Å². The Hall–Kier alpha value is -4.65. The van der Waals surface area contributed by atoms with Crippen LogP contribution in [0.15, 0.2) is 108 Å².